The van der Waals surface area contributed by atoms with Crippen molar-refractivity contribution in [3.8, 4) is 11.1 Å². The van der Waals surface area contributed by atoms with Crippen LogP contribution in [0.5, 0.6) is 0 Å². The Morgan fingerprint density at radius 2 is 2.12 bits per heavy atom. The van der Waals surface area contributed by atoms with E-state index in [1.54, 1.807) is 18.3 Å². The summed E-state index contributed by atoms with van der Waals surface area (Å²) in [7, 11) is 0. The number of thiophene rings is 1. The monoisotopic (exact) mass is 332 g/mol. The summed E-state index contributed by atoms with van der Waals surface area (Å²) in [5.74, 6) is 0.0946. The zero-order chi connectivity index (χ0) is 16.5. The van der Waals surface area contributed by atoms with Gasteiger partial charge in [-0.1, -0.05) is 18.2 Å². The zero-order valence-corrected chi connectivity index (χ0v) is 14.1. The summed E-state index contributed by atoms with van der Waals surface area (Å²) in [6, 6.07) is 12.1. The first-order valence-corrected chi connectivity index (χ1v) is 8.73. The Bertz CT molecular complexity index is 1020. The van der Waals surface area contributed by atoms with Gasteiger partial charge in [-0.25, -0.2) is 4.98 Å². The average Bonchev–Trinajstić information content (AvgIpc) is 3.25. The molecule has 3 heterocycles. The lowest BCUT2D eigenvalue weighted by molar-refractivity contribution is 0.101. The molecule has 3 aromatic heterocycles. The second-order valence-corrected chi connectivity index (χ2v) is 6.66. The third kappa shape index (κ3) is 2.76. The van der Waals surface area contributed by atoms with E-state index in [0.717, 1.165) is 34.1 Å². The van der Waals surface area contributed by atoms with Gasteiger partial charge in [0, 0.05) is 28.9 Å². The molecule has 0 unspecified atom stereocenters. The fourth-order valence-electron chi connectivity index (χ4n) is 2.91. The highest BCUT2D eigenvalue weighted by atomic mass is 32.1. The van der Waals surface area contributed by atoms with Crippen LogP contribution in [0, 0.1) is 0 Å². The van der Waals surface area contributed by atoms with Crippen molar-refractivity contribution in [2.75, 3.05) is 0 Å². The zero-order valence-electron chi connectivity index (χ0n) is 13.2. The van der Waals surface area contributed by atoms with Crippen molar-refractivity contribution < 1.29 is 4.79 Å². The van der Waals surface area contributed by atoms with Crippen LogP contribution in [0.3, 0.4) is 0 Å². The number of hydrogen-bond donors (Lipinski definition) is 1. The van der Waals surface area contributed by atoms with Crippen LogP contribution in [0.1, 0.15) is 28.4 Å². The largest absolute Gasteiger partial charge is 0.346 e. The first-order valence-electron chi connectivity index (χ1n) is 7.79. The third-order valence-electron chi connectivity index (χ3n) is 4.20. The average molecular weight is 332 g/mol. The van der Waals surface area contributed by atoms with Gasteiger partial charge in [0.15, 0.2) is 5.78 Å². The van der Waals surface area contributed by atoms with Crippen LogP contribution < -0.4 is 0 Å². The van der Waals surface area contributed by atoms with Gasteiger partial charge >= 0.3 is 0 Å². The number of benzene rings is 1. The number of pyridine rings is 1. The fraction of sp³-hybridized carbons (Fsp3) is 0.100. The highest BCUT2D eigenvalue weighted by molar-refractivity contribution is 7.08. The summed E-state index contributed by atoms with van der Waals surface area (Å²) in [4.78, 5) is 19.4. The van der Waals surface area contributed by atoms with Crippen molar-refractivity contribution in [2.24, 2.45) is 0 Å². The van der Waals surface area contributed by atoms with Crippen LogP contribution in [0.2, 0.25) is 0 Å². The smallest absolute Gasteiger partial charge is 0.159 e. The SMILES string of the molecule is CC(=O)c1cccc(Cc2c[nH]c3ncc(-c4ccsc4)cc23)c1. The van der Waals surface area contributed by atoms with E-state index in [1.807, 2.05) is 30.6 Å². The Morgan fingerprint density at radius 3 is 2.92 bits per heavy atom. The molecule has 4 aromatic rings. The van der Waals surface area contributed by atoms with E-state index in [1.165, 1.54) is 11.1 Å². The minimum atomic E-state index is 0.0946. The highest BCUT2D eigenvalue weighted by Gasteiger charge is 2.09. The second-order valence-electron chi connectivity index (χ2n) is 5.88. The third-order valence-corrected chi connectivity index (χ3v) is 4.88. The lowest BCUT2D eigenvalue weighted by atomic mass is 10.0. The predicted molar refractivity (Wildman–Crippen MR) is 98.7 cm³/mol. The number of hydrogen-bond acceptors (Lipinski definition) is 3. The molecule has 0 fully saturated rings. The number of carbonyl (C=O) groups excluding carboxylic acids is 1. The first-order chi connectivity index (χ1) is 11.7. The number of H-pyrrole nitrogens is 1. The quantitative estimate of drug-likeness (QED) is 0.529. The van der Waals surface area contributed by atoms with Crippen molar-refractivity contribution in [3.63, 3.8) is 0 Å². The summed E-state index contributed by atoms with van der Waals surface area (Å²) in [5.41, 5.74) is 6.29. The van der Waals surface area contributed by atoms with Gasteiger partial charge in [-0.2, -0.15) is 11.3 Å². The van der Waals surface area contributed by atoms with Crippen LogP contribution in [-0.4, -0.2) is 15.8 Å². The number of Topliss-reactive ketones (excluding diaryl/α,β-unsaturated/α-hetero) is 1. The molecule has 1 aromatic carbocycles. The molecule has 24 heavy (non-hydrogen) atoms. The van der Waals surface area contributed by atoms with Crippen molar-refractivity contribution in [1.82, 2.24) is 9.97 Å². The number of carbonyl (C=O) groups is 1. The molecule has 0 aliphatic rings. The molecule has 4 rings (SSSR count). The molecule has 0 bridgehead atoms. The molecule has 4 heteroatoms. The number of nitrogens with zero attached hydrogens (tertiary/aromatic N) is 1. The number of aromatic amines is 1. The van der Waals surface area contributed by atoms with E-state index in [9.17, 15) is 4.79 Å². The lowest BCUT2D eigenvalue weighted by Crippen LogP contribution is -1.94. The van der Waals surface area contributed by atoms with Crippen LogP contribution in [0.15, 0.2) is 59.6 Å². The Labute approximate surface area is 144 Å². The highest BCUT2D eigenvalue weighted by Crippen LogP contribution is 2.27. The van der Waals surface area contributed by atoms with Gasteiger partial charge in [0.2, 0.25) is 0 Å². The number of ketones is 1. The van der Waals surface area contributed by atoms with E-state index in [2.05, 4.69) is 38.9 Å². The molecule has 0 saturated heterocycles. The van der Waals surface area contributed by atoms with Crippen LogP contribution >= 0.6 is 11.3 Å². The number of aromatic nitrogens is 2. The molecule has 0 radical (unpaired) electrons. The number of fused-ring (bicyclic) bond motifs is 1. The minimum absolute atomic E-state index is 0.0946. The molecule has 0 aliphatic heterocycles. The van der Waals surface area contributed by atoms with E-state index in [-0.39, 0.29) is 5.78 Å². The molecule has 0 saturated carbocycles. The van der Waals surface area contributed by atoms with Gasteiger partial charge < -0.3 is 4.98 Å². The van der Waals surface area contributed by atoms with E-state index >= 15 is 0 Å². The standard InChI is InChI=1S/C20H16N2OS/c1-13(23)15-4-2-3-14(7-15)8-18-11-22-20-19(18)9-17(10-21-20)16-5-6-24-12-16/h2-7,9-12H,8H2,1H3,(H,21,22). The molecule has 0 atom stereocenters. The molecule has 0 spiro atoms. The van der Waals surface area contributed by atoms with Crippen molar-refractivity contribution in [1.29, 1.82) is 0 Å². The van der Waals surface area contributed by atoms with Gasteiger partial charge in [-0.05, 0) is 59.0 Å². The van der Waals surface area contributed by atoms with Crippen LogP contribution in [0.25, 0.3) is 22.2 Å². The maximum absolute atomic E-state index is 11.6. The Morgan fingerprint density at radius 1 is 1.21 bits per heavy atom. The topological polar surface area (TPSA) is 45.8 Å². The molecule has 1 N–H and O–H groups in total. The molecular formula is C20H16N2OS. The molecule has 118 valence electrons. The Balaban J connectivity index is 1.73. The molecule has 0 amide bonds. The van der Waals surface area contributed by atoms with Gasteiger partial charge in [-0.3, -0.25) is 4.79 Å². The second kappa shape index (κ2) is 6.06. The minimum Gasteiger partial charge on any atom is -0.346 e. The van der Waals surface area contributed by atoms with E-state index in [0.29, 0.717) is 0 Å². The molecule has 3 nitrogen and oxygen atoms in total. The normalized spacial score (nSPS) is 11.0. The summed E-state index contributed by atoms with van der Waals surface area (Å²) < 4.78 is 0. The summed E-state index contributed by atoms with van der Waals surface area (Å²) in [5, 5.41) is 5.34. The lowest BCUT2D eigenvalue weighted by Gasteiger charge is -2.04. The first kappa shape index (κ1) is 14.8. The maximum atomic E-state index is 11.6. The number of nitrogens with one attached hydrogen (secondary N) is 1. The van der Waals surface area contributed by atoms with Crippen molar-refractivity contribution in [3.05, 3.63) is 76.2 Å². The predicted octanol–water partition coefficient (Wildman–Crippen LogP) is 5.08. The molecular weight excluding hydrogens is 316 g/mol. The maximum Gasteiger partial charge on any atom is 0.159 e. The number of rotatable bonds is 4. The Kier molecular flexibility index (Phi) is 3.75. The van der Waals surface area contributed by atoms with Gasteiger partial charge in [-0.15, -0.1) is 0 Å². The van der Waals surface area contributed by atoms with E-state index in [4.69, 9.17) is 0 Å². The summed E-state index contributed by atoms with van der Waals surface area (Å²) >= 11 is 1.69. The molecule has 0 aliphatic carbocycles. The van der Waals surface area contributed by atoms with Crippen LogP contribution in [0.4, 0.5) is 0 Å². The van der Waals surface area contributed by atoms with Gasteiger partial charge in [0.1, 0.15) is 5.65 Å². The van der Waals surface area contributed by atoms with Crippen molar-refractivity contribution >= 4 is 28.2 Å². The van der Waals surface area contributed by atoms with Gasteiger partial charge in [0.25, 0.3) is 0 Å². The van der Waals surface area contributed by atoms with Crippen molar-refractivity contribution in [2.45, 2.75) is 13.3 Å². The van der Waals surface area contributed by atoms with Gasteiger partial charge in [0.05, 0.1) is 0 Å². The van der Waals surface area contributed by atoms with E-state index < -0.39 is 0 Å². The fourth-order valence-corrected chi connectivity index (χ4v) is 3.58. The van der Waals surface area contributed by atoms with Crippen LogP contribution in [-0.2, 0) is 6.42 Å². The summed E-state index contributed by atoms with van der Waals surface area (Å²) in [6.45, 7) is 1.60. The Hall–Kier alpha value is -2.72. The summed E-state index contributed by atoms with van der Waals surface area (Å²) in [6.07, 6.45) is 4.69.